The van der Waals surface area contributed by atoms with E-state index in [4.69, 9.17) is 17.3 Å². The van der Waals surface area contributed by atoms with Crippen molar-refractivity contribution in [2.45, 2.75) is 82.8 Å². The molecule has 5 fully saturated rings. The van der Waals surface area contributed by atoms with Crippen LogP contribution in [0.2, 0.25) is 5.02 Å². The first kappa shape index (κ1) is 26.1. The fraction of sp³-hybridized carbons (Fsp3) is 0.720. The first-order valence-corrected chi connectivity index (χ1v) is 12.4. The number of benzene rings is 1. The Hall–Kier alpha value is -0.520. The van der Waals surface area contributed by atoms with Crippen LogP contribution in [0.1, 0.15) is 80.1 Å². The highest BCUT2D eigenvalue weighted by Gasteiger charge is 2.50. The first-order chi connectivity index (χ1) is 14.5. The minimum Gasteiger partial charge on any atom is -0.351 e. The van der Waals surface area contributed by atoms with E-state index in [0.717, 1.165) is 62.1 Å². The third-order valence-corrected chi connectivity index (χ3v) is 8.76. The number of hydrogen-bond donors (Lipinski definition) is 3. The second-order valence-corrected chi connectivity index (χ2v) is 11.3. The standard InChI is InChI=1S/C25H36ClN3O.2ClH/c26-23-6-1-16(14-28-21-4-2-20(27)3-5-21)10-22(23)24(30)29-15-25-11-17-7-18(12-25)9-19(8-17)13-25;;/h1,6,10,17-21,28H,2-5,7-9,11-15,27H2,(H,29,30);2*1H. The molecule has 0 spiro atoms. The van der Waals surface area contributed by atoms with E-state index in [1.807, 2.05) is 18.2 Å². The number of carbonyl (C=O) groups excluding carboxylic acids is 1. The fourth-order valence-electron chi connectivity index (χ4n) is 7.31. The molecule has 7 heteroatoms. The Labute approximate surface area is 210 Å². The van der Waals surface area contributed by atoms with Gasteiger partial charge in [-0.15, -0.1) is 24.8 Å². The molecule has 0 aromatic heterocycles. The van der Waals surface area contributed by atoms with Crippen LogP contribution >= 0.6 is 36.4 Å². The maximum atomic E-state index is 13.0. The number of carbonyl (C=O) groups is 1. The second-order valence-electron chi connectivity index (χ2n) is 10.9. The molecule has 5 saturated carbocycles. The number of nitrogens with two attached hydrogens (primary N) is 1. The molecule has 4 nitrogen and oxygen atoms in total. The molecular formula is C25H38Cl3N3O. The quantitative estimate of drug-likeness (QED) is 0.482. The monoisotopic (exact) mass is 501 g/mol. The fourth-order valence-corrected chi connectivity index (χ4v) is 7.51. The molecular weight excluding hydrogens is 465 g/mol. The van der Waals surface area contributed by atoms with Gasteiger partial charge in [0.1, 0.15) is 0 Å². The van der Waals surface area contributed by atoms with E-state index in [1.165, 1.54) is 38.5 Å². The van der Waals surface area contributed by atoms with Crippen molar-refractivity contribution >= 4 is 42.3 Å². The van der Waals surface area contributed by atoms with Crippen molar-refractivity contribution in [1.82, 2.24) is 10.6 Å². The second kappa shape index (κ2) is 10.8. The van der Waals surface area contributed by atoms with Crippen molar-refractivity contribution in [2.75, 3.05) is 6.54 Å². The Morgan fingerprint density at radius 3 is 2.19 bits per heavy atom. The van der Waals surface area contributed by atoms with Crippen molar-refractivity contribution in [3.05, 3.63) is 34.3 Å². The van der Waals surface area contributed by atoms with Gasteiger partial charge in [-0.25, -0.2) is 0 Å². The van der Waals surface area contributed by atoms with Crippen LogP contribution < -0.4 is 16.4 Å². The first-order valence-electron chi connectivity index (χ1n) is 12.0. The maximum absolute atomic E-state index is 13.0. The van der Waals surface area contributed by atoms with Gasteiger partial charge in [0, 0.05) is 25.2 Å². The molecule has 1 aromatic rings. The van der Waals surface area contributed by atoms with E-state index < -0.39 is 0 Å². The SMILES string of the molecule is Cl.Cl.NC1CCC(NCc2ccc(Cl)c(C(=O)NCC34CC5CC(CC(C5)C3)C4)c2)CC1. The zero-order valence-electron chi connectivity index (χ0n) is 18.8. The van der Waals surface area contributed by atoms with Gasteiger partial charge in [0.2, 0.25) is 0 Å². The number of hydrogen-bond acceptors (Lipinski definition) is 3. The minimum atomic E-state index is -0.0127. The van der Waals surface area contributed by atoms with Gasteiger partial charge in [0.15, 0.2) is 0 Å². The molecule has 0 aliphatic heterocycles. The Kier molecular flexibility index (Phi) is 8.82. The van der Waals surface area contributed by atoms with Crippen molar-refractivity contribution in [3.63, 3.8) is 0 Å². The van der Waals surface area contributed by atoms with Crippen LogP contribution in [0.25, 0.3) is 0 Å². The maximum Gasteiger partial charge on any atom is 0.252 e. The lowest BCUT2D eigenvalue weighted by atomic mass is 9.49. The van der Waals surface area contributed by atoms with E-state index in [2.05, 4.69) is 10.6 Å². The van der Waals surface area contributed by atoms with Crippen LogP contribution in [0.3, 0.4) is 0 Å². The molecule has 0 atom stereocenters. The molecule has 0 saturated heterocycles. The molecule has 4 N–H and O–H groups in total. The van der Waals surface area contributed by atoms with Gasteiger partial charge >= 0.3 is 0 Å². The van der Waals surface area contributed by atoms with E-state index in [1.54, 1.807) is 0 Å². The number of halogens is 3. The lowest BCUT2D eigenvalue weighted by Crippen LogP contribution is -2.51. The molecule has 4 bridgehead atoms. The Bertz CT molecular complexity index is 759. The lowest BCUT2D eigenvalue weighted by molar-refractivity contribution is -0.0503. The molecule has 6 rings (SSSR count). The highest BCUT2D eigenvalue weighted by atomic mass is 35.5. The Balaban J connectivity index is 0.00000144. The number of amides is 1. The van der Waals surface area contributed by atoms with Crippen LogP contribution in [0.15, 0.2) is 18.2 Å². The summed E-state index contributed by atoms with van der Waals surface area (Å²) in [6.45, 7) is 1.59. The van der Waals surface area contributed by atoms with Gasteiger partial charge < -0.3 is 16.4 Å². The number of rotatable bonds is 6. The van der Waals surface area contributed by atoms with Crippen LogP contribution in [0, 0.1) is 23.2 Å². The van der Waals surface area contributed by atoms with E-state index in [0.29, 0.717) is 28.1 Å². The molecule has 0 heterocycles. The van der Waals surface area contributed by atoms with E-state index >= 15 is 0 Å². The van der Waals surface area contributed by atoms with Gasteiger partial charge in [-0.3, -0.25) is 4.79 Å². The molecule has 5 aliphatic rings. The molecule has 1 aromatic carbocycles. The summed E-state index contributed by atoms with van der Waals surface area (Å²) in [5.41, 5.74) is 8.09. The van der Waals surface area contributed by atoms with Gasteiger partial charge in [-0.1, -0.05) is 17.7 Å². The zero-order chi connectivity index (χ0) is 20.7. The molecule has 1 amide bonds. The lowest BCUT2D eigenvalue weighted by Gasteiger charge is -2.56. The highest BCUT2D eigenvalue weighted by Crippen LogP contribution is 2.59. The van der Waals surface area contributed by atoms with Crippen molar-refractivity contribution in [3.8, 4) is 0 Å². The summed E-state index contributed by atoms with van der Waals surface area (Å²) >= 11 is 6.42. The predicted octanol–water partition coefficient (Wildman–Crippen LogP) is 5.49. The summed E-state index contributed by atoms with van der Waals surface area (Å²) < 4.78 is 0. The van der Waals surface area contributed by atoms with Crippen LogP contribution in [0.4, 0.5) is 0 Å². The third-order valence-electron chi connectivity index (χ3n) is 8.43. The van der Waals surface area contributed by atoms with Crippen LogP contribution in [-0.2, 0) is 6.54 Å². The van der Waals surface area contributed by atoms with Gasteiger partial charge in [0.25, 0.3) is 5.91 Å². The smallest absolute Gasteiger partial charge is 0.252 e. The van der Waals surface area contributed by atoms with Gasteiger partial charge in [-0.2, -0.15) is 0 Å². The summed E-state index contributed by atoms with van der Waals surface area (Å²) in [5, 5.41) is 7.46. The Morgan fingerprint density at radius 2 is 1.59 bits per heavy atom. The topological polar surface area (TPSA) is 67.1 Å². The third kappa shape index (κ3) is 5.75. The molecule has 32 heavy (non-hydrogen) atoms. The van der Waals surface area contributed by atoms with Crippen molar-refractivity contribution in [2.24, 2.45) is 28.9 Å². The summed E-state index contributed by atoms with van der Waals surface area (Å²) in [6.07, 6.45) is 12.7. The van der Waals surface area contributed by atoms with Crippen LogP contribution in [-0.4, -0.2) is 24.5 Å². The molecule has 0 radical (unpaired) electrons. The summed E-state index contributed by atoms with van der Waals surface area (Å²) in [7, 11) is 0. The largest absolute Gasteiger partial charge is 0.351 e. The average molecular weight is 503 g/mol. The summed E-state index contributed by atoms with van der Waals surface area (Å²) in [6, 6.07) is 6.75. The molecule has 0 unspecified atom stereocenters. The molecule has 180 valence electrons. The van der Waals surface area contributed by atoms with Crippen molar-refractivity contribution in [1.29, 1.82) is 0 Å². The summed E-state index contributed by atoms with van der Waals surface area (Å²) in [5.74, 6) is 2.70. The van der Waals surface area contributed by atoms with Gasteiger partial charge in [-0.05, 0) is 105 Å². The van der Waals surface area contributed by atoms with E-state index in [-0.39, 0.29) is 30.7 Å². The Morgan fingerprint density at radius 1 is 1.00 bits per heavy atom. The predicted molar refractivity (Wildman–Crippen MR) is 136 cm³/mol. The minimum absolute atomic E-state index is 0. The zero-order valence-corrected chi connectivity index (χ0v) is 21.2. The average Bonchev–Trinajstić information content (AvgIpc) is 2.72. The highest BCUT2D eigenvalue weighted by molar-refractivity contribution is 6.33. The number of nitrogens with one attached hydrogen (secondary N) is 2. The van der Waals surface area contributed by atoms with E-state index in [9.17, 15) is 4.79 Å². The van der Waals surface area contributed by atoms with Gasteiger partial charge in [0.05, 0.1) is 10.6 Å². The molecule has 5 aliphatic carbocycles. The van der Waals surface area contributed by atoms with Crippen molar-refractivity contribution < 1.29 is 4.79 Å². The normalized spacial score (nSPS) is 35.0. The summed E-state index contributed by atoms with van der Waals surface area (Å²) in [4.78, 5) is 13.0. The van der Waals surface area contributed by atoms with Crippen LogP contribution in [0.5, 0.6) is 0 Å².